The highest BCUT2D eigenvalue weighted by molar-refractivity contribution is 4.64. The fraction of sp³-hybridized carbons (Fsp3) is 0.714. The van der Waals surface area contributed by atoms with Gasteiger partial charge in [-0.15, -0.1) is 5.10 Å². The Kier molecular flexibility index (Phi) is 4.37. The molecule has 0 aliphatic heterocycles. The topological polar surface area (TPSA) is 74.4 Å². The number of rotatable bonds is 6. The van der Waals surface area contributed by atoms with Crippen LogP contribution >= 0.6 is 0 Å². The van der Waals surface area contributed by atoms with Crippen molar-refractivity contribution in [3.8, 4) is 0 Å². The van der Waals surface area contributed by atoms with Gasteiger partial charge >= 0.3 is 0 Å². The molecule has 0 aromatic carbocycles. The van der Waals surface area contributed by atoms with Crippen LogP contribution in [0.3, 0.4) is 0 Å². The minimum absolute atomic E-state index is 0.0781. The normalized spacial score (nSPS) is 11.0. The zero-order valence-electron chi connectivity index (χ0n) is 7.37. The van der Waals surface area contributed by atoms with Crippen LogP contribution in [0.4, 0.5) is 0 Å². The van der Waals surface area contributed by atoms with Gasteiger partial charge in [0.25, 0.3) is 0 Å². The Balaban J connectivity index is 2.37. The van der Waals surface area contributed by atoms with Crippen molar-refractivity contribution in [1.82, 2.24) is 19.9 Å². The molecule has 0 radical (unpaired) electrons. The van der Waals surface area contributed by atoms with E-state index >= 15 is 0 Å². The molecule has 0 aliphatic carbocycles. The molecule has 1 aromatic heterocycles. The Morgan fingerprint density at radius 1 is 1.23 bits per heavy atom. The van der Waals surface area contributed by atoms with Gasteiger partial charge in [-0.3, -0.25) is 4.90 Å². The van der Waals surface area contributed by atoms with Gasteiger partial charge in [0.1, 0.15) is 0 Å². The van der Waals surface area contributed by atoms with Crippen LogP contribution in [0, 0.1) is 0 Å². The molecule has 1 rings (SSSR count). The van der Waals surface area contributed by atoms with Crippen molar-refractivity contribution in [2.75, 3.05) is 26.3 Å². The summed E-state index contributed by atoms with van der Waals surface area (Å²) >= 11 is 0. The maximum absolute atomic E-state index is 8.72. The van der Waals surface area contributed by atoms with Crippen molar-refractivity contribution in [3.63, 3.8) is 0 Å². The summed E-state index contributed by atoms with van der Waals surface area (Å²) in [5.74, 6) is 0. The second-order valence-electron chi connectivity index (χ2n) is 2.65. The lowest BCUT2D eigenvalue weighted by atomic mass is 10.5. The van der Waals surface area contributed by atoms with Gasteiger partial charge in [0, 0.05) is 19.3 Å². The highest BCUT2D eigenvalue weighted by Gasteiger charge is 2.03. The Hall–Kier alpha value is -0.980. The highest BCUT2D eigenvalue weighted by atomic mass is 16.3. The van der Waals surface area contributed by atoms with E-state index in [9.17, 15) is 0 Å². The zero-order valence-corrected chi connectivity index (χ0v) is 7.37. The van der Waals surface area contributed by atoms with E-state index in [-0.39, 0.29) is 13.2 Å². The van der Waals surface area contributed by atoms with E-state index < -0.39 is 0 Å². The predicted octanol–water partition coefficient (Wildman–Crippen LogP) is -1.48. The zero-order chi connectivity index (χ0) is 9.52. The molecule has 1 aromatic rings. The highest BCUT2D eigenvalue weighted by Crippen LogP contribution is 1.91. The summed E-state index contributed by atoms with van der Waals surface area (Å²) in [6, 6.07) is 0. The molecule has 0 amide bonds. The summed E-state index contributed by atoms with van der Waals surface area (Å²) in [6.07, 6.45) is 3.33. The molecule has 0 unspecified atom stereocenters. The second kappa shape index (κ2) is 5.63. The van der Waals surface area contributed by atoms with Gasteiger partial charge < -0.3 is 10.2 Å². The van der Waals surface area contributed by atoms with Crippen LogP contribution in [0.15, 0.2) is 12.4 Å². The molecule has 6 nitrogen and oxygen atoms in total. The van der Waals surface area contributed by atoms with Crippen molar-refractivity contribution in [1.29, 1.82) is 0 Å². The SMILES string of the molecule is OCCN(CCO)Cn1ccnn1. The van der Waals surface area contributed by atoms with Crippen LogP contribution in [-0.2, 0) is 6.67 Å². The molecule has 0 saturated heterocycles. The maximum Gasteiger partial charge on any atom is 0.0948 e. The molecule has 6 heteroatoms. The lowest BCUT2D eigenvalue weighted by molar-refractivity contribution is 0.128. The lowest BCUT2D eigenvalue weighted by Crippen LogP contribution is -2.32. The number of aromatic nitrogens is 3. The average Bonchev–Trinajstić information content (AvgIpc) is 2.58. The van der Waals surface area contributed by atoms with E-state index in [1.165, 1.54) is 0 Å². The van der Waals surface area contributed by atoms with Crippen LogP contribution in [0.5, 0.6) is 0 Å². The van der Waals surface area contributed by atoms with Crippen molar-refractivity contribution in [2.24, 2.45) is 0 Å². The quantitative estimate of drug-likeness (QED) is 0.567. The first-order valence-electron chi connectivity index (χ1n) is 4.15. The third kappa shape index (κ3) is 3.49. The second-order valence-corrected chi connectivity index (χ2v) is 2.65. The van der Waals surface area contributed by atoms with E-state index in [1.54, 1.807) is 17.1 Å². The van der Waals surface area contributed by atoms with Crippen LogP contribution in [0.1, 0.15) is 0 Å². The standard InChI is InChI=1S/C7H14N4O2/c12-5-3-10(4-6-13)7-11-2-1-8-9-11/h1-2,12-13H,3-7H2. The van der Waals surface area contributed by atoms with Crippen molar-refractivity contribution >= 4 is 0 Å². The molecule has 0 bridgehead atoms. The van der Waals surface area contributed by atoms with Gasteiger partial charge in [0.2, 0.25) is 0 Å². The van der Waals surface area contributed by atoms with Gasteiger partial charge in [0.05, 0.1) is 26.1 Å². The molecular weight excluding hydrogens is 172 g/mol. The Labute approximate surface area is 76.4 Å². The fourth-order valence-corrected chi connectivity index (χ4v) is 1.05. The van der Waals surface area contributed by atoms with Crippen LogP contribution in [0.2, 0.25) is 0 Å². The number of aliphatic hydroxyl groups is 2. The van der Waals surface area contributed by atoms with Crippen molar-refractivity contribution in [2.45, 2.75) is 6.67 Å². The van der Waals surface area contributed by atoms with Gasteiger partial charge in [-0.05, 0) is 0 Å². The molecule has 0 atom stereocenters. The Morgan fingerprint density at radius 2 is 1.92 bits per heavy atom. The van der Waals surface area contributed by atoms with Gasteiger partial charge in [-0.1, -0.05) is 5.21 Å². The summed E-state index contributed by atoms with van der Waals surface area (Å²) in [5, 5.41) is 24.9. The Morgan fingerprint density at radius 3 is 2.38 bits per heavy atom. The molecule has 0 aliphatic rings. The van der Waals surface area contributed by atoms with E-state index in [1.807, 2.05) is 4.90 Å². The summed E-state index contributed by atoms with van der Waals surface area (Å²) in [5.41, 5.74) is 0. The summed E-state index contributed by atoms with van der Waals surface area (Å²) in [7, 11) is 0. The van der Waals surface area contributed by atoms with Crippen LogP contribution in [0.25, 0.3) is 0 Å². The van der Waals surface area contributed by atoms with Gasteiger partial charge in [-0.25, -0.2) is 4.68 Å². The third-order valence-corrected chi connectivity index (χ3v) is 1.65. The van der Waals surface area contributed by atoms with Gasteiger partial charge in [-0.2, -0.15) is 0 Å². The van der Waals surface area contributed by atoms with E-state index in [0.717, 1.165) is 0 Å². The monoisotopic (exact) mass is 186 g/mol. The largest absolute Gasteiger partial charge is 0.395 e. The van der Waals surface area contributed by atoms with Crippen molar-refractivity contribution < 1.29 is 10.2 Å². The first kappa shape index (κ1) is 10.1. The first-order valence-corrected chi connectivity index (χ1v) is 4.15. The molecule has 0 spiro atoms. The Bertz CT molecular complexity index is 208. The van der Waals surface area contributed by atoms with Gasteiger partial charge in [0.15, 0.2) is 0 Å². The number of hydrogen-bond donors (Lipinski definition) is 2. The van der Waals surface area contributed by atoms with E-state index in [4.69, 9.17) is 10.2 Å². The number of nitrogens with zero attached hydrogens (tertiary/aromatic N) is 4. The third-order valence-electron chi connectivity index (χ3n) is 1.65. The van der Waals surface area contributed by atoms with Crippen molar-refractivity contribution in [3.05, 3.63) is 12.4 Å². The summed E-state index contributed by atoms with van der Waals surface area (Å²) in [6.45, 7) is 1.76. The number of hydrogen-bond acceptors (Lipinski definition) is 5. The molecule has 1 heterocycles. The molecule has 0 fully saturated rings. The molecule has 0 saturated carbocycles. The van der Waals surface area contributed by atoms with Crippen LogP contribution in [-0.4, -0.2) is 56.4 Å². The predicted molar refractivity (Wildman–Crippen MR) is 45.8 cm³/mol. The first-order chi connectivity index (χ1) is 6.36. The summed E-state index contributed by atoms with van der Waals surface area (Å²) in [4.78, 5) is 1.88. The fourth-order valence-electron chi connectivity index (χ4n) is 1.05. The molecular formula is C7H14N4O2. The van der Waals surface area contributed by atoms with E-state index in [0.29, 0.717) is 19.8 Å². The van der Waals surface area contributed by atoms with Crippen LogP contribution < -0.4 is 0 Å². The molecule has 13 heavy (non-hydrogen) atoms. The minimum atomic E-state index is 0.0781. The number of aliphatic hydroxyl groups excluding tert-OH is 2. The smallest absolute Gasteiger partial charge is 0.0948 e. The molecule has 74 valence electrons. The average molecular weight is 186 g/mol. The lowest BCUT2D eigenvalue weighted by Gasteiger charge is -2.19. The summed E-state index contributed by atoms with van der Waals surface area (Å²) < 4.78 is 1.64. The minimum Gasteiger partial charge on any atom is -0.395 e. The van der Waals surface area contributed by atoms with E-state index in [2.05, 4.69) is 10.3 Å². The maximum atomic E-state index is 8.72. The molecule has 2 N–H and O–H groups in total.